The minimum atomic E-state index is -0.691. The highest BCUT2D eigenvalue weighted by Gasteiger charge is 2.21. The molecule has 4 amide bonds. The SMILES string of the molecule is Cc1ccccc1C(CC(=O)NCC(=O)N1CCCC1)NC(N)=O. The molecule has 1 heterocycles. The molecule has 1 fully saturated rings. The van der Waals surface area contributed by atoms with E-state index in [0.29, 0.717) is 0 Å². The number of carbonyl (C=O) groups excluding carboxylic acids is 3. The minimum absolute atomic E-state index is 0.0180. The van der Waals surface area contributed by atoms with Gasteiger partial charge in [0.15, 0.2) is 0 Å². The van der Waals surface area contributed by atoms with Gasteiger partial charge in [0.05, 0.1) is 19.0 Å². The van der Waals surface area contributed by atoms with Crippen molar-refractivity contribution in [2.45, 2.75) is 32.2 Å². The second-order valence-corrected chi connectivity index (χ2v) is 5.99. The van der Waals surface area contributed by atoms with Crippen LogP contribution in [0.5, 0.6) is 0 Å². The van der Waals surface area contributed by atoms with Crippen molar-refractivity contribution in [2.24, 2.45) is 5.73 Å². The lowest BCUT2D eigenvalue weighted by Crippen LogP contribution is -2.41. The van der Waals surface area contributed by atoms with Gasteiger partial charge < -0.3 is 21.3 Å². The predicted octanol–water partition coefficient (Wildman–Crippen LogP) is 0.833. The number of hydrogen-bond acceptors (Lipinski definition) is 3. The van der Waals surface area contributed by atoms with Gasteiger partial charge in [0.25, 0.3) is 0 Å². The van der Waals surface area contributed by atoms with E-state index in [0.717, 1.165) is 37.1 Å². The topological polar surface area (TPSA) is 105 Å². The summed E-state index contributed by atoms with van der Waals surface area (Å²) in [5, 5.41) is 5.22. The van der Waals surface area contributed by atoms with Gasteiger partial charge in [-0.3, -0.25) is 9.59 Å². The van der Waals surface area contributed by atoms with Crippen LogP contribution < -0.4 is 16.4 Å². The number of aryl methyl sites for hydroxylation is 1. The van der Waals surface area contributed by atoms with Gasteiger partial charge in [0, 0.05) is 13.1 Å². The van der Waals surface area contributed by atoms with Crippen LogP contribution in [0.4, 0.5) is 4.79 Å². The van der Waals surface area contributed by atoms with E-state index in [9.17, 15) is 14.4 Å². The van der Waals surface area contributed by atoms with Crippen molar-refractivity contribution < 1.29 is 14.4 Å². The van der Waals surface area contributed by atoms with E-state index in [1.807, 2.05) is 31.2 Å². The van der Waals surface area contributed by atoms with Crippen LogP contribution in [0.1, 0.15) is 36.4 Å². The molecule has 0 bridgehead atoms. The first kappa shape index (κ1) is 17.8. The molecular formula is C17H24N4O3. The molecule has 0 radical (unpaired) electrons. The Bertz CT molecular complexity index is 612. The lowest BCUT2D eigenvalue weighted by atomic mass is 9.98. The molecule has 1 saturated heterocycles. The first-order valence-electron chi connectivity index (χ1n) is 8.13. The smallest absolute Gasteiger partial charge is 0.312 e. The van der Waals surface area contributed by atoms with Gasteiger partial charge >= 0.3 is 6.03 Å². The normalized spacial score (nSPS) is 15.0. The minimum Gasteiger partial charge on any atom is -0.352 e. The molecule has 0 spiro atoms. The number of nitrogens with one attached hydrogen (secondary N) is 2. The van der Waals surface area contributed by atoms with Crippen molar-refractivity contribution in [3.05, 3.63) is 35.4 Å². The summed E-state index contributed by atoms with van der Waals surface area (Å²) in [6.45, 7) is 3.39. The highest BCUT2D eigenvalue weighted by atomic mass is 16.2. The molecule has 7 heteroatoms. The summed E-state index contributed by atoms with van der Waals surface area (Å²) in [5.74, 6) is -0.374. The molecule has 1 aromatic carbocycles. The average molecular weight is 332 g/mol. The van der Waals surface area contributed by atoms with Crippen molar-refractivity contribution in [2.75, 3.05) is 19.6 Å². The Morgan fingerprint density at radius 3 is 2.50 bits per heavy atom. The van der Waals surface area contributed by atoms with E-state index in [2.05, 4.69) is 10.6 Å². The van der Waals surface area contributed by atoms with Crippen LogP contribution >= 0.6 is 0 Å². The summed E-state index contributed by atoms with van der Waals surface area (Å²) in [5.41, 5.74) is 7.01. The highest BCUT2D eigenvalue weighted by Crippen LogP contribution is 2.20. The van der Waals surface area contributed by atoms with Gasteiger partial charge in [-0.25, -0.2) is 4.79 Å². The number of hydrogen-bond donors (Lipinski definition) is 3. The lowest BCUT2D eigenvalue weighted by Gasteiger charge is -2.20. The van der Waals surface area contributed by atoms with E-state index in [1.54, 1.807) is 4.90 Å². The molecule has 1 aliphatic rings. The zero-order valence-electron chi connectivity index (χ0n) is 13.9. The molecule has 1 aromatic rings. The van der Waals surface area contributed by atoms with E-state index in [1.165, 1.54) is 0 Å². The summed E-state index contributed by atoms with van der Waals surface area (Å²) >= 11 is 0. The van der Waals surface area contributed by atoms with Crippen LogP contribution in [-0.2, 0) is 9.59 Å². The largest absolute Gasteiger partial charge is 0.352 e. The third kappa shape index (κ3) is 4.97. The maximum atomic E-state index is 12.2. The quantitative estimate of drug-likeness (QED) is 0.718. The Kier molecular flexibility index (Phi) is 6.17. The van der Waals surface area contributed by atoms with Gasteiger partial charge in [-0.1, -0.05) is 24.3 Å². The van der Waals surface area contributed by atoms with Crippen LogP contribution in [0.15, 0.2) is 24.3 Å². The number of nitrogens with zero attached hydrogens (tertiary/aromatic N) is 1. The fourth-order valence-corrected chi connectivity index (χ4v) is 2.90. The molecule has 4 N–H and O–H groups in total. The Morgan fingerprint density at radius 2 is 1.88 bits per heavy atom. The third-order valence-electron chi connectivity index (χ3n) is 4.17. The number of carbonyl (C=O) groups is 3. The number of amides is 4. The first-order valence-corrected chi connectivity index (χ1v) is 8.13. The van der Waals surface area contributed by atoms with E-state index >= 15 is 0 Å². The Morgan fingerprint density at radius 1 is 1.21 bits per heavy atom. The second-order valence-electron chi connectivity index (χ2n) is 5.99. The van der Waals surface area contributed by atoms with Gasteiger partial charge in [-0.15, -0.1) is 0 Å². The fraction of sp³-hybridized carbons (Fsp3) is 0.471. The van der Waals surface area contributed by atoms with E-state index in [4.69, 9.17) is 5.73 Å². The number of rotatable bonds is 6. The molecule has 0 saturated carbocycles. The van der Waals surface area contributed by atoms with Crippen molar-refractivity contribution in [3.8, 4) is 0 Å². The Labute approximate surface area is 141 Å². The molecular weight excluding hydrogens is 308 g/mol. The van der Waals surface area contributed by atoms with Crippen LogP contribution in [0.2, 0.25) is 0 Å². The summed E-state index contributed by atoms with van der Waals surface area (Å²) in [4.78, 5) is 37.1. The number of likely N-dealkylation sites (tertiary alicyclic amines) is 1. The predicted molar refractivity (Wildman–Crippen MR) is 90.1 cm³/mol. The summed E-state index contributed by atoms with van der Waals surface area (Å²) in [6, 6.07) is 6.26. The molecule has 0 aromatic heterocycles. The number of urea groups is 1. The van der Waals surface area contributed by atoms with Crippen molar-refractivity contribution in [3.63, 3.8) is 0 Å². The van der Waals surface area contributed by atoms with E-state index in [-0.39, 0.29) is 24.8 Å². The molecule has 7 nitrogen and oxygen atoms in total. The third-order valence-corrected chi connectivity index (χ3v) is 4.17. The maximum Gasteiger partial charge on any atom is 0.312 e. The zero-order valence-corrected chi connectivity index (χ0v) is 13.9. The van der Waals surface area contributed by atoms with Gasteiger partial charge in [-0.05, 0) is 30.9 Å². The molecule has 130 valence electrons. The highest BCUT2D eigenvalue weighted by molar-refractivity contribution is 5.85. The molecule has 1 aliphatic heterocycles. The number of nitrogens with two attached hydrogens (primary N) is 1. The number of primary amides is 1. The van der Waals surface area contributed by atoms with Gasteiger partial charge in [-0.2, -0.15) is 0 Å². The van der Waals surface area contributed by atoms with Crippen LogP contribution in [0, 0.1) is 6.92 Å². The van der Waals surface area contributed by atoms with Gasteiger partial charge in [0.1, 0.15) is 0 Å². The Hall–Kier alpha value is -2.57. The summed E-state index contributed by atoms with van der Waals surface area (Å²) < 4.78 is 0. The Balaban J connectivity index is 1.93. The molecule has 1 atom stereocenters. The monoisotopic (exact) mass is 332 g/mol. The second kappa shape index (κ2) is 8.33. The molecule has 0 aliphatic carbocycles. The van der Waals surface area contributed by atoms with E-state index < -0.39 is 12.1 Å². The van der Waals surface area contributed by atoms with Crippen LogP contribution in [0.3, 0.4) is 0 Å². The van der Waals surface area contributed by atoms with Crippen LogP contribution in [-0.4, -0.2) is 42.4 Å². The van der Waals surface area contributed by atoms with Crippen molar-refractivity contribution in [1.82, 2.24) is 15.5 Å². The number of benzene rings is 1. The first-order chi connectivity index (χ1) is 11.5. The standard InChI is InChI=1S/C17H24N4O3/c1-12-6-2-3-7-13(12)14(20-17(18)24)10-15(22)19-11-16(23)21-8-4-5-9-21/h2-3,6-7,14H,4-5,8-11H2,1H3,(H,19,22)(H3,18,20,24). The van der Waals surface area contributed by atoms with Crippen LogP contribution in [0.25, 0.3) is 0 Å². The molecule has 1 unspecified atom stereocenters. The van der Waals surface area contributed by atoms with Crippen molar-refractivity contribution in [1.29, 1.82) is 0 Å². The fourth-order valence-electron chi connectivity index (χ4n) is 2.90. The zero-order chi connectivity index (χ0) is 17.5. The lowest BCUT2D eigenvalue weighted by molar-refractivity contribution is -0.132. The maximum absolute atomic E-state index is 12.2. The average Bonchev–Trinajstić information content (AvgIpc) is 3.06. The molecule has 2 rings (SSSR count). The van der Waals surface area contributed by atoms with Gasteiger partial charge in [0.2, 0.25) is 11.8 Å². The summed E-state index contributed by atoms with van der Waals surface area (Å²) in [7, 11) is 0. The summed E-state index contributed by atoms with van der Waals surface area (Å²) in [6.07, 6.45) is 2.05. The van der Waals surface area contributed by atoms with Crippen molar-refractivity contribution >= 4 is 17.8 Å². The molecule has 24 heavy (non-hydrogen) atoms.